The van der Waals surface area contributed by atoms with Crippen molar-refractivity contribution in [3.63, 3.8) is 0 Å². The Hall–Kier alpha value is -1.91. The van der Waals surface area contributed by atoms with Gasteiger partial charge in [0, 0.05) is 11.6 Å². The fourth-order valence-corrected chi connectivity index (χ4v) is 0.904. The van der Waals surface area contributed by atoms with E-state index in [2.05, 4.69) is 4.98 Å². The number of carbonyl (C=O) groups is 1. The first kappa shape index (κ1) is 10.2. The highest BCUT2D eigenvalue weighted by molar-refractivity contribution is 5.90. The molecule has 0 aromatic carbocycles. The van der Waals surface area contributed by atoms with Crippen molar-refractivity contribution >= 4 is 12.0 Å². The molecule has 74 valence electrons. The monoisotopic (exact) mass is 196 g/mol. The Morgan fingerprint density at radius 3 is 3.00 bits per heavy atom. The van der Waals surface area contributed by atoms with Crippen LogP contribution >= 0.6 is 0 Å². The third kappa shape index (κ3) is 2.55. The molecule has 14 heavy (non-hydrogen) atoms. The summed E-state index contributed by atoms with van der Waals surface area (Å²) in [6.07, 6.45) is 3.48. The zero-order chi connectivity index (χ0) is 10.6. The molecule has 2 N–H and O–H groups in total. The van der Waals surface area contributed by atoms with Crippen LogP contribution in [0, 0.1) is 5.82 Å². The van der Waals surface area contributed by atoms with Gasteiger partial charge in [-0.25, -0.2) is 9.37 Å². The molecule has 0 spiro atoms. The van der Waals surface area contributed by atoms with Crippen LogP contribution in [0.15, 0.2) is 18.3 Å². The number of halogens is 1. The maximum Gasteiger partial charge on any atom is 0.241 e. The number of nitrogens with zero attached hydrogens (tertiary/aromatic N) is 1. The maximum absolute atomic E-state index is 12.7. The smallest absolute Gasteiger partial charge is 0.241 e. The van der Waals surface area contributed by atoms with Crippen LogP contribution in [0.5, 0.6) is 5.88 Å². The summed E-state index contributed by atoms with van der Waals surface area (Å²) in [4.78, 5) is 14.1. The van der Waals surface area contributed by atoms with Crippen molar-refractivity contribution in [3.8, 4) is 5.88 Å². The summed E-state index contributed by atoms with van der Waals surface area (Å²) in [6.45, 7) is 0. The minimum atomic E-state index is -0.615. The number of nitrogens with two attached hydrogens (primary N) is 1. The molecule has 0 aliphatic rings. The van der Waals surface area contributed by atoms with E-state index in [9.17, 15) is 9.18 Å². The van der Waals surface area contributed by atoms with Crippen molar-refractivity contribution < 1.29 is 13.9 Å². The lowest BCUT2D eigenvalue weighted by atomic mass is 10.2. The molecule has 1 rings (SSSR count). The lowest BCUT2D eigenvalue weighted by Crippen LogP contribution is -2.05. The number of pyridine rings is 1. The number of methoxy groups -OCH3 is 1. The largest absolute Gasteiger partial charge is 0.481 e. The number of hydrogen-bond acceptors (Lipinski definition) is 3. The van der Waals surface area contributed by atoms with Crippen molar-refractivity contribution in [2.75, 3.05) is 7.11 Å². The fraction of sp³-hybridized carbons (Fsp3) is 0.111. The third-order valence-electron chi connectivity index (χ3n) is 1.47. The van der Waals surface area contributed by atoms with Crippen molar-refractivity contribution in [1.82, 2.24) is 4.98 Å². The molecule has 0 aliphatic heterocycles. The van der Waals surface area contributed by atoms with Crippen LogP contribution in [-0.4, -0.2) is 18.0 Å². The Bertz CT molecular complexity index is 377. The van der Waals surface area contributed by atoms with E-state index < -0.39 is 11.7 Å². The van der Waals surface area contributed by atoms with E-state index in [1.807, 2.05) is 0 Å². The summed E-state index contributed by atoms with van der Waals surface area (Å²) in [5.41, 5.74) is 5.26. The molecule has 4 nitrogen and oxygen atoms in total. The molecule has 0 aliphatic carbocycles. The third-order valence-corrected chi connectivity index (χ3v) is 1.47. The van der Waals surface area contributed by atoms with Gasteiger partial charge >= 0.3 is 0 Å². The van der Waals surface area contributed by atoms with Crippen LogP contribution in [0.1, 0.15) is 5.56 Å². The fourth-order valence-electron chi connectivity index (χ4n) is 0.904. The molecule has 0 atom stereocenters. The molecule has 0 bridgehead atoms. The molecule has 1 heterocycles. The van der Waals surface area contributed by atoms with E-state index in [0.29, 0.717) is 5.56 Å². The van der Waals surface area contributed by atoms with Gasteiger partial charge in [-0.05, 0) is 12.1 Å². The standard InChI is InChI=1S/C9H9FN2O2/c1-14-9-6(2-3-8(11)13)4-7(10)5-12-9/h2-5H,1H3,(H2,11,13). The van der Waals surface area contributed by atoms with Crippen molar-refractivity contribution in [2.24, 2.45) is 5.73 Å². The predicted molar refractivity (Wildman–Crippen MR) is 49.0 cm³/mol. The van der Waals surface area contributed by atoms with Crippen LogP contribution in [0.25, 0.3) is 6.08 Å². The Morgan fingerprint density at radius 1 is 1.71 bits per heavy atom. The van der Waals surface area contributed by atoms with E-state index in [4.69, 9.17) is 10.5 Å². The Kier molecular flexibility index (Phi) is 3.17. The Balaban J connectivity index is 3.04. The van der Waals surface area contributed by atoms with Crippen LogP contribution in [-0.2, 0) is 4.79 Å². The molecule has 1 aromatic rings. The summed E-state index contributed by atoms with van der Waals surface area (Å²) in [6, 6.07) is 1.20. The van der Waals surface area contributed by atoms with Crippen molar-refractivity contribution in [2.45, 2.75) is 0 Å². The van der Waals surface area contributed by atoms with E-state index >= 15 is 0 Å². The number of carbonyl (C=O) groups excluding carboxylic acids is 1. The zero-order valence-electron chi connectivity index (χ0n) is 7.53. The average molecular weight is 196 g/mol. The second kappa shape index (κ2) is 4.36. The quantitative estimate of drug-likeness (QED) is 0.724. The van der Waals surface area contributed by atoms with Gasteiger partial charge in [0.15, 0.2) is 0 Å². The van der Waals surface area contributed by atoms with Crippen LogP contribution in [0.2, 0.25) is 0 Å². The second-order valence-corrected chi connectivity index (χ2v) is 2.49. The molecule has 1 aromatic heterocycles. The molecular formula is C9H9FN2O2. The minimum Gasteiger partial charge on any atom is -0.481 e. The predicted octanol–water partition coefficient (Wildman–Crippen LogP) is 0.728. The molecule has 1 amide bonds. The minimum absolute atomic E-state index is 0.240. The van der Waals surface area contributed by atoms with Gasteiger partial charge in [0.05, 0.1) is 13.3 Å². The van der Waals surface area contributed by atoms with E-state index in [1.54, 1.807) is 0 Å². The molecule has 0 radical (unpaired) electrons. The van der Waals surface area contributed by atoms with Crippen LogP contribution in [0.4, 0.5) is 4.39 Å². The van der Waals surface area contributed by atoms with E-state index in [1.165, 1.54) is 19.3 Å². The lowest BCUT2D eigenvalue weighted by molar-refractivity contribution is -0.113. The van der Waals surface area contributed by atoms with Gasteiger partial charge in [0.1, 0.15) is 5.82 Å². The summed E-state index contributed by atoms with van der Waals surface area (Å²) in [7, 11) is 1.40. The number of rotatable bonds is 3. The number of ether oxygens (including phenoxy) is 1. The molecule has 0 saturated heterocycles. The number of primary amides is 1. The summed E-state index contributed by atoms with van der Waals surface area (Å²) >= 11 is 0. The van der Waals surface area contributed by atoms with Gasteiger partial charge in [0.25, 0.3) is 0 Å². The summed E-state index contributed by atoms with van der Waals surface area (Å²) in [5, 5.41) is 0. The maximum atomic E-state index is 12.7. The molecule has 0 fully saturated rings. The lowest BCUT2D eigenvalue weighted by Gasteiger charge is -2.02. The molecule has 0 unspecified atom stereocenters. The van der Waals surface area contributed by atoms with Gasteiger partial charge in [-0.15, -0.1) is 0 Å². The Labute approximate surface area is 80.2 Å². The van der Waals surface area contributed by atoms with E-state index in [0.717, 1.165) is 12.3 Å². The van der Waals surface area contributed by atoms with Gasteiger partial charge in [-0.3, -0.25) is 4.79 Å². The first-order chi connectivity index (χ1) is 6.63. The molecule has 5 heteroatoms. The molecule has 0 saturated carbocycles. The highest BCUT2D eigenvalue weighted by Crippen LogP contribution is 2.16. The van der Waals surface area contributed by atoms with Gasteiger partial charge < -0.3 is 10.5 Å². The first-order valence-electron chi connectivity index (χ1n) is 3.80. The topological polar surface area (TPSA) is 65.2 Å². The summed E-state index contributed by atoms with van der Waals surface area (Å²) < 4.78 is 17.6. The van der Waals surface area contributed by atoms with Crippen molar-refractivity contribution in [3.05, 3.63) is 29.7 Å². The van der Waals surface area contributed by atoms with Gasteiger partial charge in [-0.2, -0.15) is 0 Å². The SMILES string of the molecule is COc1ncc(F)cc1C=CC(N)=O. The zero-order valence-corrected chi connectivity index (χ0v) is 7.53. The number of amides is 1. The highest BCUT2D eigenvalue weighted by atomic mass is 19.1. The molecular weight excluding hydrogens is 187 g/mol. The van der Waals surface area contributed by atoms with Gasteiger partial charge in [0.2, 0.25) is 11.8 Å². The van der Waals surface area contributed by atoms with E-state index in [-0.39, 0.29) is 5.88 Å². The second-order valence-electron chi connectivity index (χ2n) is 2.49. The Morgan fingerprint density at radius 2 is 2.43 bits per heavy atom. The van der Waals surface area contributed by atoms with Crippen LogP contribution in [0.3, 0.4) is 0 Å². The normalized spacial score (nSPS) is 10.4. The van der Waals surface area contributed by atoms with Crippen molar-refractivity contribution in [1.29, 1.82) is 0 Å². The van der Waals surface area contributed by atoms with Gasteiger partial charge in [-0.1, -0.05) is 0 Å². The first-order valence-corrected chi connectivity index (χ1v) is 3.80. The summed E-state index contributed by atoms with van der Waals surface area (Å²) in [5.74, 6) is -0.880. The average Bonchev–Trinajstić information content (AvgIpc) is 2.15. The highest BCUT2D eigenvalue weighted by Gasteiger charge is 2.02. The van der Waals surface area contributed by atoms with Crippen LogP contribution < -0.4 is 10.5 Å². The number of hydrogen-bond donors (Lipinski definition) is 1. The number of aromatic nitrogens is 1.